The van der Waals surface area contributed by atoms with E-state index in [2.05, 4.69) is 16.2 Å². The summed E-state index contributed by atoms with van der Waals surface area (Å²) < 4.78 is 0. The number of aromatic nitrogens is 1. The van der Waals surface area contributed by atoms with Gasteiger partial charge in [0.1, 0.15) is 11.9 Å². The lowest BCUT2D eigenvalue weighted by atomic mass is 10.3. The molecule has 0 aliphatic heterocycles. The molecule has 1 rings (SSSR count). The minimum Gasteiger partial charge on any atom is -0.396 e. The lowest BCUT2D eigenvalue weighted by Gasteiger charge is -2.05. The zero-order valence-electron chi connectivity index (χ0n) is 8.73. The molecule has 0 spiro atoms. The quantitative estimate of drug-likeness (QED) is 0.591. The molecular weight excluding hydrogens is 220 g/mol. The van der Waals surface area contributed by atoms with E-state index in [-0.39, 0.29) is 5.69 Å². The number of thioether (sulfide) groups is 1. The first-order valence-electron chi connectivity index (χ1n) is 4.69. The molecule has 0 fully saturated rings. The van der Waals surface area contributed by atoms with Gasteiger partial charge in [-0.2, -0.15) is 5.26 Å². The Bertz CT molecular complexity index is 431. The third-order valence-corrected chi connectivity index (χ3v) is 2.63. The Morgan fingerprint density at radius 1 is 1.56 bits per heavy atom. The Kier molecular flexibility index (Phi) is 5.04. The van der Waals surface area contributed by atoms with Crippen molar-refractivity contribution in [2.75, 3.05) is 29.1 Å². The highest BCUT2D eigenvalue weighted by Gasteiger charge is 2.00. The van der Waals surface area contributed by atoms with E-state index < -0.39 is 0 Å². The van der Waals surface area contributed by atoms with Crippen LogP contribution in [-0.4, -0.2) is 23.0 Å². The number of anilines is 2. The molecule has 3 N–H and O–H groups in total. The summed E-state index contributed by atoms with van der Waals surface area (Å²) in [5.41, 5.74) is 6.20. The number of nitrogens with zero attached hydrogens (tertiary/aromatic N) is 2. The van der Waals surface area contributed by atoms with Crippen LogP contribution >= 0.6 is 11.8 Å². The first-order chi connectivity index (χ1) is 7.77. The molecule has 1 heterocycles. The second kappa shape index (κ2) is 6.60. The number of rotatable bonds is 5. The van der Waals surface area contributed by atoms with Gasteiger partial charge >= 0.3 is 0 Å². The Morgan fingerprint density at radius 2 is 2.38 bits per heavy atom. The highest BCUT2D eigenvalue weighted by atomic mass is 32.2. The van der Waals surface area contributed by atoms with Crippen molar-refractivity contribution in [3.8, 4) is 18.4 Å². The van der Waals surface area contributed by atoms with E-state index in [1.165, 1.54) is 0 Å². The summed E-state index contributed by atoms with van der Waals surface area (Å²) in [4.78, 5) is 4.06. The van der Waals surface area contributed by atoms with E-state index in [4.69, 9.17) is 17.4 Å². The van der Waals surface area contributed by atoms with Crippen molar-refractivity contribution in [1.29, 1.82) is 5.26 Å². The molecule has 0 radical (unpaired) electrons. The molecule has 0 aliphatic rings. The van der Waals surface area contributed by atoms with E-state index in [1.807, 2.05) is 6.07 Å². The van der Waals surface area contributed by atoms with Crippen LogP contribution in [0.5, 0.6) is 0 Å². The lowest BCUT2D eigenvalue weighted by molar-refractivity contribution is 1.16. The van der Waals surface area contributed by atoms with Crippen LogP contribution in [0.3, 0.4) is 0 Å². The van der Waals surface area contributed by atoms with Crippen LogP contribution in [0.1, 0.15) is 5.69 Å². The van der Waals surface area contributed by atoms with Crippen molar-refractivity contribution in [1.82, 2.24) is 4.98 Å². The number of nitrogens with two attached hydrogens (primary N) is 1. The number of hydrogen-bond donors (Lipinski definition) is 2. The van der Waals surface area contributed by atoms with Crippen molar-refractivity contribution in [2.24, 2.45) is 0 Å². The largest absolute Gasteiger partial charge is 0.396 e. The minimum atomic E-state index is 0.251. The van der Waals surface area contributed by atoms with Crippen LogP contribution in [0.2, 0.25) is 0 Å². The molecule has 0 saturated carbocycles. The van der Waals surface area contributed by atoms with Gasteiger partial charge in [0.2, 0.25) is 0 Å². The Morgan fingerprint density at radius 3 is 3.06 bits per heavy atom. The fourth-order valence-corrected chi connectivity index (χ4v) is 1.55. The van der Waals surface area contributed by atoms with Gasteiger partial charge in [0.05, 0.1) is 11.4 Å². The molecule has 0 aromatic carbocycles. The molecule has 1 aromatic heterocycles. The molecule has 1 aromatic rings. The summed E-state index contributed by atoms with van der Waals surface area (Å²) in [6.45, 7) is 0.758. The molecule has 0 amide bonds. The zero-order valence-corrected chi connectivity index (χ0v) is 9.55. The van der Waals surface area contributed by atoms with Gasteiger partial charge in [-0.25, -0.2) is 4.98 Å². The average molecular weight is 232 g/mol. The number of nitrogen functional groups attached to an aromatic ring is 1. The maximum atomic E-state index is 8.74. The van der Waals surface area contributed by atoms with Crippen LogP contribution in [0.25, 0.3) is 0 Å². The molecule has 16 heavy (non-hydrogen) atoms. The smallest absolute Gasteiger partial charge is 0.165 e. The molecule has 82 valence electrons. The van der Waals surface area contributed by atoms with Gasteiger partial charge in [-0.05, 0) is 12.1 Å². The summed E-state index contributed by atoms with van der Waals surface area (Å²) in [6, 6.07) is 5.36. The van der Waals surface area contributed by atoms with E-state index in [1.54, 1.807) is 23.9 Å². The molecule has 0 unspecified atom stereocenters. The summed E-state index contributed by atoms with van der Waals surface area (Å²) in [5, 5.41) is 11.8. The monoisotopic (exact) mass is 232 g/mol. The third kappa shape index (κ3) is 3.72. The highest BCUT2D eigenvalue weighted by Crippen LogP contribution is 2.12. The first kappa shape index (κ1) is 12.2. The number of terminal acetylenes is 1. The van der Waals surface area contributed by atoms with E-state index in [0.717, 1.165) is 12.3 Å². The molecule has 4 nitrogen and oxygen atoms in total. The fourth-order valence-electron chi connectivity index (χ4n) is 1.04. The second-order valence-electron chi connectivity index (χ2n) is 2.93. The average Bonchev–Trinajstić information content (AvgIpc) is 2.31. The topological polar surface area (TPSA) is 74.7 Å². The zero-order chi connectivity index (χ0) is 11.8. The van der Waals surface area contributed by atoms with E-state index in [9.17, 15) is 0 Å². The lowest BCUT2D eigenvalue weighted by Crippen LogP contribution is -2.07. The third-order valence-electron chi connectivity index (χ3n) is 1.77. The molecule has 5 heteroatoms. The van der Waals surface area contributed by atoms with Crippen LogP contribution < -0.4 is 11.1 Å². The number of hydrogen-bond acceptors (Lipinski definition) is 5. The maximum Gasteiger partial charge on any atom is 0.165 e. The molecule has 0 aliphatic carbocycles. The van der Waals surface area contributed by atoms with Crippen molar-refractivity contribution < 1.29 is 0 Å². The van der Waals surface area contributed by atoms with Crippen molar-refractivity contribution in [3.63, 3.8) is 0 Å². The summed E-state index contributed by atoms with van der Waals surface area (Å²) in [7, 11) is 0. The van der Waals surface area contributed by atoms with E-state index in [0.29, 0.717) is 17.3 Å². The van der Waals surface area contributed by atoms with Gasteiger partial charge in [0, 0.05) is 12.3 Å². The normalized spacial score (nSPS) is 9.12. The van der Waals surface area contributed by atoms with Gasteiger partial charge < -0.3 is 11.1 Å². The Labute approximate surface area is 99.2 Å². The fraction of sp³-hybridized carbons (Fsp3) is 0.273. The standard InChI is InChI=1S/C11H12N4S/c1-2-6-16-7-5-14-11-4-3-9(13)10(8-12)15-11/h1,3-4H,5-7,13H2,(H,14,15). The first-order valence-corrected chi connectivity index (χ1v) is 5.85. The van der Waals surface area contributed by atoms with Gasteiger partial charge in [-0.3, -0.25) is 0 Å². The maximum absolute atomic E-state index is 8.74. The van der Waals surface area contributed by atoms with Gasteiger partial charge in [0.15, 0.2) is 5.69 Å². The van der Waals surface area contributed by atoms with Crippen LogP contribution in [0.4, 0.5) is 11.5 Å². The summed E-state index contributed by atoms with van der Waals surface area (Å²) in [5.74, 6) is 4.82. The molecule has 0 saturated heterocycles. The van der Waals surface area contributed by atoms with Crippen LogP contribution in [0, 0.1) is 23.7 Å². The number of nitrogens with one attached hydrogen (secondary N) is 1. The van der Waals surface area contributed by atoms with Crippen molar-refractivity contribution >= 4 is 23.3 Å². The van der Waals surface area contributed by atoms with Crippen molar-refractivity contribution in [3.05, 3.63) is 17.8 Å². The molecule has 0 bridgehead atoms. The molecular formula is C11H12N4S. The number of pyridine rings is 1. The summed E-state index contributed by atoms with van der Waals surface area (Å²) >= 11 is 1.67. The van der Waals surface area contributed by atoms with E-state index >= 15 is 0 Å². The summed E-state index contributed by atoms with van der Waals surface area (Å²) in [6.07, 6.45) is 5.12. The van der Waals surface area contributed by atoms with Gasteiger partial charge in [-0.1, -0.05) is 5.92 Å². The number of nitriles is 1. The Hall–Kier alpha value is -1.85. The second-order valence-corrected chi connectivity index (χ2v) is 4.03. The SMILES string of the molecule is C#CCSCCNc1ccc(N)c(C#N)n1. The minimum absolute atomic E-state index is 0.251. The molecule has 0 atom stereocenters. The predicted molar refractivity (Wildman–Crippen MR) is 68.0 cm³/mol. The van der Waals surface area contributed by atoms with Crippen molar-refractivity contribution in [2.45, 2.75) is 0 Å². The van der Waals surface area contributed by atoms with Gasteiger partial charge in [-0.15, -0.1) is 18.2 Å². The highest BCUT2D eigenvalue weighted by molar-refractivity contribution is 7.99. The van der Waals surface area contributed by atoms with Crippen LogP contribution in [-0.2, 0) is 0 Å². The Balaban J connectivity index is 2.44. The predicted octanol–water partition coefficient (Wildman–Crippen LogP) is 1.31. The van der Waals surface area contributed by atoms with Gasteiger partial charge in [0.25, 0.3) is 0 Å². The van der Waals surface area contributed by atoms with Crippen LogP contribution in [0.15, 0.2) is 12.1 Å².